The van der Waals surface area contributed by atoms with Gasteiger partial charge in [-0.1, -0.05) is 46.8 Å². The van der Waals surface area contributed by atoms with Crippen LogP contribution >= 0.6 is 34.7 Å². The number of para-hydroxylation sites is 1. The van der Waals surface area contributed by atoms with Crippen molar-refractivity contribution in [2.75, 3.05) is 16.4 Å². The van der Waals surface area contributed by atoms with Gasteiger partial charge in [-0.2, -0.15) is 0 Å². The molecule has 0 spiro atoms. The summed E-state index contributed by atoms with van der Waals surface area (Å²) in [7, 11) is 0. The van der Waals surface area contributed by atoms with Gasteiger partial charge in [0.1, 0.15) is 5.82 Å². The van der Waals surface area contributed by atoms with Crippen LogP contribution in [0.25, 0.3) is 0 Å². The van der Waals surface area contributed by atoms with E-state index >= 15 is 0 Å². The fourth-order valence-electron chi connectivity index (χ4n) is 2.03. The van der Waals surface area contributed by atoms with Gasteiger partial charge in [0.15, 0.2) is 4.34 Å². The van der Waals surface area contributed by atoms with Gasteiger partial charge < -0.3 is 10.6 Å². The number of thioether (sulfide) groups is 1. The lowest BCUT2D eigenvalue weighted by molar-refractivity contribution is -0.384. The molecular weight excluding hydrogens is 429 g/mol. The molecule has 2 N–H and O–H groups in total. The van der Waals surface area contributed by atoms with Crippen LogP contribution in [0, 0.1) is 15.9 Å². The van der Waals surface area contributed by atoms with Crippen molar-refractivity contribution in [3.05, 3.63) is 63.4 Å². The van der Waals surface area contributed by atoms with Crippen molar-refractivity contribution in [3.63, 3.8) is 0 Å². The van der Waals surface area contributed by atoms with Crippen molar-refractivity contribution in [2.45, 2.75) is 4.34 Å². The van der Waals surface area contributed by atoms with E-state index in [-0.39, 0.29) is 27.8 Å². The highest BCUT2D eigenvalue weighted by atomic mass is 35.5. The average Bonchev–Trinajstić information content (AvgIpc) is 3.11. The Morgan fingerprint density at radius 3 is 2.79 bits per heavy atom. The van der Waals surface area contributed by atoms with Crippen molar-refractivity contribution in [1.82, 2.24) is 10.2 Å². The summed E-state index contributed by atoms with van der Waals surface area (Å²) in [6.07, 6.45) is 0. The molecule has 3 rings (SSSR count). The van der Waals surface area contributed by atoms with Gasteiger partial charge in [-0.05, 0) is 18.2 Å². The maximum Gasteiger partial charge on any atom is 0.271 e. The Bertz CT molecular complexity index is 1030. The van der Waals surface area contributed by atoms with Crippen LogP contribution in [0.5, 0.6) is 0 Å². The molecular formula is C16H11ClFN5O3S2. The quantitative estimate of drug-likeness (QED) is 0.311. The predicted molar refractivity (Wildman–Crippen MR) is 107 cm³/mol. The predicted octanol–water partition coefficient (Wildman–Crippen LogP) is 4.71. The average molecular weight is 440 g/mol. The topological polar surface area (TPSA) is 110 Å². The number of nitro groups is 1. The van der Waals surface area contributed by atoms with E-state index in [1.54, 1.807) is 18.2 Å². The highest BCUT2D eigenvalue weighted by molar-refractivity contribution is 8.01. The molecule has 2 aromatic carbocycles. The van der Waals surface area contributed by atoms with E-state index < -0.39 is 16.6 Å². The number of amides is 1. The standard InChI is InChI=1S/C16H11ClFN5O3S2/c17-10-6-5-9(23(25)26)7-13(10)19-14(24)8-27-16-22-21-15(28-16)20-12-4-2-1-3-11(12)18/h1-7H,8H2,(H,19,24)(H,20,21). The summed E-state index contributed by atoms with van der Waals surface area (Å²) in [5, 5.41) is 24.6. The van der Waals surface area contributed by atoms with Gasteiger partial charge in [0.25, 0.3) is 5.69 Å². The second-order valence-electron chi connectivity index (χ2n) is 5.24. The zero-order chi connectivity index (χ0) is 20.1. The van der Waals surface area contributed by atoms with Gasteiger partial charge in [-0.3, -0.25) is 14.9 Å². The largest absolute Gasteiger partial charge is 0.328 e. The monoisotopic (exact) mass is 439 g/mol. The molecule has 0 saturated carbocycles. The first kappa shape index (κ1) is 20.0. The SMILES string of the molecule is O=C(CSc1nnc(Nc2ccccc2F)s1)Nc1cc([N+](=O)[O-])ccc1Cl. The van der Waals surface area contributed by atoms with E-state index in [0.29, 0.717) is 9.47 Å². The van der Waals surface area contributed by atoms with Crippen molar-refractivity contribution in [3.8, 4) is 0 Å². The Morgan fingerprint density at radius 1 is 1.25 bits per heavy atom. The van der Waals surface area contributed by atoms with Crippen LogP contribution in [-0.2, 0) is 4.79 Å². The molecule has 0 aliphatic rings. The summed E-state index contributed by atoms with van der Waals surface area (Å²) in [6, 6.07) is 9.93. The number of nitrogens with zero attached hydrogens (tertiary/aromatic N) is 3. The Labute approximate surface area is 171 Å². The van der Waals surface area contributed by atoms with Crippen LogP contribution < -0.4 is 10.6 Å². The van der Waals surface area contributed by atoms with Crippen LogP contribution in [-0.4, -0.2) is 26.8 Å². The van der Waals surface area contributed by atoms with Crippen molar-refractivity contribution >= 4 is 62.8 Å². The van der Waals surface area contributed by atoms with Crippen LogP contribution in [0.15, 0.2) is 46.8 Å². The number of carbonyl (C=O) groups excluding carboxylic acids is 1. The molecule has 1 heterocycles. The minimum Gasteiger partial charge on any atom is -0.328 e. The van der Waals surface area contributed by atoms with E-state index in [2.05, 4.69) is 20.8 Å². The molecule has 1 amide bonds. The maximum atomic E-state index is 13.6. The molecule has 3 aromatic rings. The van der Waals surface area contributed by atoms with Gasteiger partial charge in [-0.25, -0.2) is 4.39 Å². The molecule has 8 nitrogen and oxygen atoms in total. The number of aromatic nitrogens is 2. The third-order valence-electron chi connectivity index (χ3n) is 3.28. The third-order valence-corrected chi connectivity index (χ3v) is 5.59. The maximum absolute atomic E-state index is 13.6. The first-order valence-corrected chi connectivity index (χ1v) is 9.82. The molecule has 12 heteroatoms. The second-order valence-corrected chi connectivity index (χ2v) is 7.84. The number of nitrogens with one attached hydrogen (secondary N) is 2. The fraction of sp³-hybridized carbons (Fsp3) is 0.0625. The smallest absolute Gasteiger partial charge is 0.271 e. The summed E-state index contributed by atoms with van der Waals surface area (Å²) in [5.74, 6) is -0.834. The van der Waals surface area contributed by atoms with Gasteiger partial charge >= 0.3 is 0 Å². The lowest BCUT2D eigenvalue weighted by Gasteiger charge is -2.06. The number of non-ortho nitro benzene ring substituents is 1. The number of anilines is 3. The van der Waals surface area contributed by atoms with E-state index in [1.807, 2.05) is 0 Å². The number of hydrogen-bond acceptors (Lipinski definition) is 8. The molecule has 144 valence electrons. The summed E-state index contributed by atoms with van der Waals surface area (Å²) < 4.78 is 14.1. The van der Waals surface area contributed by atoms with Crippen LogP contribution in [0.1, 0.15) is 0 Å². The van der Waals surface area contributed by atoms with Gasteiger partial charge in [0.05, 0.1) is 27.1 Å². The lowest BCUT2D eigenvalue weighted by Crippen LogP contribution is -2.14. The Balaban J connectivity index is 1.57. The van der Waals surface area contributed by atoms with E-state index in [1.165, 1.54) is 24.3 Å². The minimum atomic E-state index is -0.577. The molecule has 0 radical (unpaired) electrons. The fourth-order valence-corrected chi connectivity index (χ4v) is 3.76. The Hall–Kier alpha value is -2.76. The molecule has 0 aliphatic heterocycles. The number of halogens is 2. The van der Waals surface area contributed by atoms with Crippen LogP contribution in [0.3, 0.4) is 0 Å². The van der Waals surface area contributed by atoms with Gasteiger partial charge in [0, 0.05) is 12.1 Å². The van der Waals surface area contributed by atoms with Crippen LogP contribution in [0.4, 0.5) is 26.6 Å². The summed E-state index contributed by atoms with van der Waals surface area (Å²) in [6.45, 7) is 0. The van der Waals surface area contributed by atoms with Crippen molar-refractivity contribution in [2.24, 2.45) is 0 Å². The second kappa shape index (κ2) is 8.95. The molecule has 0 aliphatic carbocycles. The normalized spacial score (nSPS) is 10.5. The lowest BCUT2D eigenvalue weighted by atomic mass is 10.3. The first-order valence-electron chi connectivity index (χ1n) is 7.64. The number of benzene rings is 2. The van der Waals surface area contributed by atoms with E-state index in [9.17, 15) is 19.3 Å². The van der Waals surface area contributed by atoms with E-state index in [4.69, 9.17) is 11.6 Å². The highest BCUT2D eigenvalue weighted by Crippen LogP contribution is 2.30. The number of carbonyl (C=O) groups is 1. The van der Waals surface area contributed by atoms with Crippen molar-refractivity contribution < 1.29 is 14.1 Å². The molecule has 0 bridgehead atoms. The number of nitro benzene ring substituents is 1. The van der Waals surface area contributed by atoms with Gasteiger partial charge in [0.2, 0.25) is 11.0 Å². The molecule has 1 aromatic heterocycles. The molecule has 28 heavy (non-hydrogen) atoms. The Morgan fingerprint density at radius 2 is 2.04 bits per heavy atom. The molecule has 0 atom stereocenters. The third kappa shape index (κ3) is 5.15. The van der Waals surface area contributed by atoms with Crippen molar-refractivity contribution in [1.29, 1.82) is 0 Å². The Kier molecular flexibility index (Phi) is 6.39. The van der Waals surface area contributed by atoms with Gasteiger partial charge in [-0.15, -0.1) is 10.2 Å². The molecule has 0 fully saturated rings. The highest BCUT2D eigenvalue weighted by Gasteiger charge is 2.14. The molecule has 0 saturated heterocycles. The minimum absolute atomic E-state index is 0.00660. The summed E-state index contributed by atoms with van der Waals surface area (Å²) >= 11 is 8.24. The zero-order valence-corrected chi connectivity index (χ0v) is 16.3. The number of rotatable bonds is 7. The van der Waals surface area contributed by atoms with E-state index in [0.717, 1.165) is 23.1 Å². The number of hydrogen-bond donors (Lipinski definition) is 2. The zero-order valence-electron chi connectivity index (χ0n) is 13.9. The summed E-state index contributed by atoms with van der Waals surface area (Å²) in [5.41, 5.74) is 0.245. The van der Waals surface area contributed by atoms with Crippen LogP contribution in [0.2, 0.25) is 5.02 Å². The summed E-state index contributed by atoms with van der Waals surface area (Å²) in [4.78, 5) is 22.3. The molecule has 0 unspecified atom stereocenters. The first-order chi connectivity index (χ1) is 13.4.